The monoisotopic (exact) mass is 563 g/mol. The fourth-order valence-electron chi connectivity index (χ4n) is 5.56. The molecular formula is C30H49N3O7. The third-order valence-corrected chi connectivity index (χ3v) is 8.24. The second kappa shape index (κ2) is 15.7. The number of carbonyl (C=O) groups is 2. The normalized spacial score (nSPS) is 27.9. The fourth-order valence-corrected chi connectivity index (χ4v) is 5.56. The summed E-state index contributed by atoms with van der Waals surface area (Å²) >= 11 is 0. The lowest BCUT2D eigenvalue weighted by atomic mass is 9.82. The summed E-state index contributed by atoms with van der Waals surface area (Å²) in [6.45, 7) is 9.27. The van der Waals surface area contributed by atoms with Crippen LogP contribution in [-0.4, -0.2) is 122 Å². The molecule has 0 spiro atoms. The van der Waals surface area contributed by atoms with Crippen molar-refractivity contribution in [3.8, 4) is 5.75 Å². The number of likely N-dealkylation sites (tertiary alicyclic amines) is 1. The molecule has 2 aliphatic heterocycles. The van der Waals surface area contributed by atoms with Crippen molar-refractivity contribution in [2.75, 3.05) is 66.7 Å². The van der Waals surface area contributed by atoms with Crippen molar-refractivity contribution >= 4 is 11.8 Å². The summed E-state index contributed by atoms with van der Waals surface area (Å²) in [7, 11) is 3.09. The number of rotatable bonds is 6. The Morgan fingerprint density at radius 2 is 1.82 bits per heavy atom. The Labute approximate surface area is 239 Å². The van der Waals surface area contributed by atoms with Crippen LogP contribution in [0.3, 0.4) is 0 Å². The maximum Gasteiger partial charge on any atom is 0.237 e. The zero-order valence-corrected chi connectivity index (χ0v) is 24.8. The van der Waals surface area contributed by atoms with E-state index in [1.807, 2.05) is 29.2 Å². The van der Waals surface area contributed by atoms with Gasteiger partial charge in [-0.2, -0.15) is 0 Å². The highest BCUT2D eigenvalue weighted by Crippen LogP contribution is 2.37. The molecule has 0 aromatic heterocycles. The van der Waals surface area contributed by atoms with Crippen molar-refractivity contribution in [1.29, 1.82) is 0 Å². The Morgan fingerprint density at radius 3 is 2.42 bits per heavy atom. The highest BCUT2D eigenvalue weighted by molar-refractivity contribution is 5.79. The smallest absolute Gasteiger partial charge is 0.237 e. The number of hydrogen-bond donors (Lipinski definition) is 2. The van der Waals surface area contributed by atoms with Crippen molar-refractivity contribution in [2.24, 2.45) is 11.8 Å². The van der Waals surface area contributed by atoms with Crippen LogP contribution in [-0.2, 0) is 19.1 Å². The van der Waals surface area contributed by atoms with Gasteiger partial charge in [-0.1, -0.05) is 26.0 Å². The minimum atomic E-state index is -1.22. The van der Waals surface area contributed by atoms with Crippen LogP contribution in [0.15, 0.2) is 24.3 Å². The molecule has 1 aromatic rings. The molecule has 0 unspecified atom stereocenters. The number of nitrogens with zero attached hydrogens (tertiary/aromatic N) is 3. The molecule has 3 rings (SSSR count). The summed E-state index contributed by atoms with van der Waals surface area (Å²) in [5, 5.41) is 21.4. The van der Waals surface area contributed by atoms with Gasteiger partial charge in [0, 0.05) is 46.2 Å². The fraction of sp³-hybridized carbons (Fsp3) is 0.733. The predicted molar refractivity (Wildman–Crippen MR) is 152 cm³/mol. The van der Waals surface area contributed by atoms with E-state index < -0.39 is 18.3 Å². The Bertz CT molecular complexity index is 942. The zero-order valence-electron chi connectivity index (χ0n) is 24.8. The van der Waals surface area contributed by atoms with Gasteiger partial charge in [-0.3, -0.25) is 14.5 Å². The van der Waals surface area contributed by atoms with Crippen molar-refractivity contribution in [1.82, 2.24) is 14.7 Å². The van der Waals surface area contributed by atoms with E-state index in [-0.39, 0.29) is 42.8 Å². The van der Waals surface area contributed by atoms with E-state index in [0.717, 1.165) is 25.1 Å². The number of aliphatic hydroxyl groups is 2. The Kier molecular flexibility index (Phi) is 12.6. The molecule has 2 heterocycles. The molecule has 10 heteroatoms. The Balaban J connectivity index is 2.08. The standard InChI is InChI=1S/C30H49N3O7/c1-21(2)25-17-32(22(3)34)18-27(39-5)30(37)26(35)20-40-15-7-6-14-33(28(36)19-31-12-9-13-31)29(25)23-10-8-11-24(16-23)38-4/h8,10-11,16,21,25-27,29-30,35,37H,6-7,9,12-15,17-20H2,1-5H3/t25-,26+,27+,29-,30+/m1/s1. The Hall–Kier alpha value is -2.24. The SMILES string of the molecule is COc1cccc([C@@H]2[C@@H](C(C)C)CN(C(C)=O)C[C@H](OC)[C@@H](O)[C@@H](O)COCCCCN2C(=O)CN2CCC2)c1. The first-order valence-corrected chi connectivity index (χ1v) is 14.5. The molecule has 2 fully saturated rings. The highest BCUT2D eigenvalue weighted by atomic mass is 16.5. The summed E-state index contributed by atoms with van der Waals surface area (Å²) < 4.78 is 16.8. The van der Waals surface area contributed by atoms with Crippen LogP contribution in [0.5, 0.6) is 5.75 Å². The predicted octanol–water partition coefficient (Wildman–Crippen LogP) is 1.94. The molecule has 1 aromatic carbocycles. The first-order valence-electron chi connectivity index (χ1n) is 14.5. The lowest BCUT2D eigenvalue weighted by Crippen LogP contribution is -2.52. The van der Waals surface area contributed by atoms with Crippen molar-refractivity contribution in [3.63, 3.8) is 0 Å². The Morgan fingerprint density at radius 1 is 1.07 bits per heavy atom. The quantitative estimate of drug-likeness (QED) is 0.540. The number of amides is 2. The summed E-state index contributed by atoms with van der Waals surface area (Å²) in [6.07, 6.45) is -0.667. The van der Waals surface area contributed by atoms with E-state index in [1.165, 1.54) is 14.0 Å². The van der Waals surface area contributed by atoms with Gasteiger partial charge in [-0.25, -0.2) is 0 Å². The largest absolute Gasteiger partial charge is 0.497 e. The number of ether oxygens (including phenoxy) is 3. The molecule has 2 amide bonds. The van der Waals surface area contributed by atoms with Gasteiger partial charge >= 0.3 is 0 Å². The van der Waals surface area contributed by atoms with Gasteiger partial charge < -0.3 is 34.2 Å². The minimum Gasteiger partial charge on any atom is -0.497 e. The first kappa shape index (κ1) is 32.3. The van der Waals surface area contributed by atoms with Crippen LogP contribution in [0.4, 0.5) is 0 Å². The molecular weight excluding hydrogens is 514 g/mol. The van der Waals surface area contributed by atoms with Gasteiger partial charge in [0.15, 0.2) is 0 Å². The minimum absolute atomic E-state index is 0.0419. The lowest BCUT2D eigenvalue weighted by Gasteiger charge is -2.43. The van der Waals surface area contributed by atoms with Gasteiger partial charge in [0.1, 0.15) is 24.1 Å². The molecule has 0 bridgehead atoms. The average molecular weight is 564 g/mol. The number of methoxy groups -OCH3 is 2. The van der Waals surface area contributed by atoms with Gasteiger partial charge in [-0.05, 0) is 56.0 Å². The van der Waals surface area contributed by atoms with Crippen LogP contribution in [0.1, 0.15) is 51.6 Å². The molecule has 2 aliphatic rings. The molecule has 0 radical (unpaired) electrons. The van der Waals surface area contributed by atoms with E-state index in [2.05, 4.69) is 18.7 Å². The van der Waals surface area contributed by atoms with E-state index in [4.69, 9.17) is 14.2 Å². The van der Waals surface area contributed by atoms with Gasteiger partial charge in [0.2, 0.25) is 11.8 Å². The van der Waals surface area contributed by atoms with Gasteiger partial charge in [0.05, 0.1) is 26.3 Å². The van der Waals surface area contributed by atoms with E-state index >= 15 is 0 Å². The second-order valence-corrected chi connectivity index (χ2v) is 11.4. The van der Waals surface area contributed by atoms with Gasteiger partial charge in [-0.15, -0.1) is 0 Å². The van der Waals surface area contributed by atoms with Crippen molar-refractivity contribution in [2.45, 2.75) is 64.4 Å². The molecule has 40 heavy (non-hydrogen) atoms. The van der Waals surface area contributed by atoms with Crippen molar-refractivity contribution < 1.29 is 34.0 Å². The molecule has 10 nitrogen and oxygen atoms in total. The summed E-state index contributed by atoms with van der Waals surface area (Å²) in [6, 6.07) is 7.53. The molecule has 2 saturated heterocycles. The molecule has 5 atom stereocenters. The van der Waals surface area contributed by atoms with Crippen LogP contribution in [0.2, 0.25) is 0 Å². The second-order valence-electron chi connectivity index (χ2n) is 11.4. The molecule has 0 aliphatic carbocycles. The van der Waals surface area contributed by atoms with Crippen LogP contribution >= 0.6 is 0 Å². The topological polar surface area (TPSA) is 112 Å². The van der Waals surface area contributed by atoms with E-state index in [9.17, 15) is 19.8 Å². The maximum atomic E-state index is 14.0. The zero-order chi connectivity index (χ0) is 29.2. The van der Waals surface area contributed by atoms with Crippen LogP contribution in [0.25, 0.3) is 0 Å². The van der Waals surface area contributed by atoms with Crippen molar-refractivity contribution in [3.05, 3.63) is 29.8 Å². The number of benzene rings is 1. The number of hydrogen-bond acceptors (Lipinski definition) is 8. The third kappa shape index (κ3) is 8.63. The van der Waals surface area contributed by atoms with Crippen LogP contribution in [0, 0.1) is 11.8 Å². The van der Waals surface area contributed by atoms with Gasteiger partial charge in [0.25, 0.3) is 0 Å². The lowest BCUT2D eigenvalue weighted by molar-refractivity contribution is -0.140. The van der Waals surface area contributed by atoms with Crippen LogP contribution < -0.4 is 4.74 Å². The first-order chi connectivity index (χ1) is 19.2. The summed E-state index contributed by atoms with van der Waals surface area (Å²) in [5.41, 5.74) is 0.956. The third-order valence-electron chi connectivity index (χ3n) is 8.24. The van der Waals surface area contributed by atoms with E-state index in [0.29, 0.717) is 44.8 Å². The van der Waals surface area contributed by atoms with E-state index in [1.54, 1.807) is 12.0 Å². The highest BCUT2D eigenvalue weighted by Gasteiger charge is 2.38. The molecule has 226 valence electrons. The summed E-state index contributed by atoms with van der Waals surface area (Å²) in [4.78, 5) is 32.7. The number of aliphatic hydroxyl groups excluding tert-OH is 2. The molecule has 2 N–H and O–H groups in total. The number of carbonyl (C=O) groups excluding carboxylic acids is 2. The summed E-state index contributed by atoms with van der Waals surface area (Å²) in [5.74, 6) is 0.584. The molecule has 0 saturated carbocycles. The average Bonchev–Trinajstić information content (AvgIpc) is 2.91. The maximum absolute atomic E-state index is 14.0.